The Balaban J connectivity index is 2.69. The average molecular weight is 263 g/mol. The summed E-state index contributed by atoms with van der Waals surface area (Å²) in [5.41, 5.74) is 1.29. The summed E-state index contributed by atoms with van der Waals surface area (Å²) in [4.78, 5) is 0. The standard InChI is InChI=1S/C17H29NO/c1-5-12-18-16(6-2)15-9-7-8-10-17(15)19-13-11-14(3)4/h7-10,14,16,18H,5-6,11-13H2,1-4H3. The van der Waals surface area contributed by atoms with Crippen LogP contribution in [0.2, 0.25) is 0 Å². The maximum atomic E-state index is 5.97. The van der Waals surface area contributed by atoms with Gasteiger partial charge in [-0.1, -0.05) is 45.9 Å². The monoisotopic (exact) mass is 263 g/mol. The Morgan fingerprint density at radius 1 is 1.16 bits per heavy atom. The highest BCUT2D eigenvalue weighted by molar-refractivity contribution is 5.35. The van der Waals surface area contributed by atoms with E-state index in [1.807, 2.05) is 0 Å². The number of nitrogens with one attached hydrogen (secondary N) is 1. The normalized spacial score (nSPS) is 12.7. The van der Waals surface area contributed by atoms with Crippen LogP contribution in [-0.2, 0) is 0 Å². The lowest BCUT2D eigenvalue weighted by Crippen LogP contribution is -2.22. The molecule has 0 radical (unpaired) electrons. The van der Waals surface area contributed by atoms with Crippen LogP contribution in [-0.4, -0.2) is 13.2 Å². The number of rotatable bonds is 9. The maximum absolute atomic E-state index is 5.97. The summed E-state index contributed by atoms with van der Waals surface area (Å²) < 4.78 is 5.97. The van der Waals surface area contributed by atoms with Gasteiger partial charge in [-0.25, -0.2) is 0 Å². The van der Waals surface area contributed by atoms with Crippen molar-refractivity contribution in [3.8, 4) is 5.75 Å². The molecule has 0 aliphatic heterocycles. The van der Waals surface area contributed by atoms with Gasteiger partial charge in [-0.15, -0.1) is 0 Å². The Bertz CT molecular complexity index is 349. The van der Waals surface area contributed by atoms with Crippen molar-refractivity contribution in [1.29, 1.82) is 0 Å². The third-order valence-electron chi connectivity index (χ3n) is 3.30. The minimum atomic E-state index is 0.398. The Morgan fingerprint density at radius 3 is 2.53 bits per heavy atom. The lowest BCUT2D eigenvalue weighted by molar-refractivity contribution is 0.283. The predicted molar refractivity (Wildman–Crippen MR) is 82.7 cm³/mol. The number of para-hydroxylation sites is 1. The quantitative estimate of drug-likeness (QED) is 0.705. The molecule has 0 aliphatic carbocycles. The summed E-state index contributed by atoms with van der Waals surface area (Å²) in [7, 11) is 0. The average Bonchev–Trinajstić information content (AvgIpc) is 2.40. The fourth-order valence-corrected chi connectivity index (χ4v) is 2.10. The van der Waals surface area contributed by atoms with E-state index in [1.165, 1.54) is 5.56 Å². The molecule has 2 heteroatoms. The number of hydrogen-bond acceptors (Lipinski definition) is 2. The molecule has 0 bridgehead atoms. The highest BCUT2D eigenvalue weighted by atomic mass is 16.5. The molecule has 0 saturated carbocycles. The summed E-state index contributed by atoms with van der Waals surface area (Å²) in [5.74, 6) is 1.73. The van der Waals surface area contributed by atoms with E-state index in [-0.39, 0.29) is 0 Å². The highest BCUT2D eigenvalue weighted by Gasteiger charge is 2.13. The topological polar surface area (TPSA) is 21.3 Å². The zero-order chi connectivity index (χ0) is 14.1. The van der Waals surface area contributed by atoms with Gasteiger partial charge >= 0.3 is 0 Å². The van der Waals surface area contributed by atoms with Crippen LogP contribution in [0.5, 0.6) is 5.75 Å². The Kier molecular flexibility index (Phi) is 7.57. The Hall–Kier alpha value is -1.02. The largest absolute Gasteiger partial charge is 0.493 e. The number of benzene rings is 1. The highest BCUT2D eigenvalue weighted by Crippen LogP contribution is 2.27. The van der Waals surface area contributed by atoms with Crippen molar-refractivity contribution in [2.75, 3.05) is 13.2 Å². The van der Waals surface area contributed by atoms with E-state index < -0.39 is 0 Å². The minimum absolute atomic E-state index is 0.398. The van der Waals surface area contributed by atoms with Crippen molar-refractivity contribution in [3.05, 3.63) is 29.8 Å². The van der Waals surface area contributed by atoms with Crippen molar-refractivity contribution in [3.63, 3.8) is 0 Å². The van der Waals surface area contributed by atoms with E-state index in [9.17, 15) is 0 Å². The molecule has 0 heterocycles. The zero-order valence-corrected chi connectivity index (χ0v) is 12.9. The second-order valence-electron chi connectivity index (χ2n) is 5.48. The number of hydrogen-bond donors (Lipinski definition) is 1. The molecule has 1 unspecified atom stereocenters. The van der Waals surface area contributed by atoms with E-state index >= 15 is 0 Å². The third-order valence-corrected chi connectivity index (χ3v) is 3.30. The summed E-state index contributed by atoms with van der Waals surface area (Å²) >= 11 is 0. The van der Waals surface area contributed by atoms with Gasteiger partial charge in [0.2, 0.25) is 0 Å². The molecular weight excluding hydrogens is 234 g/mol. The van der Waals surface area contributed by atoms with Crippen LogP contribution < -0.4 is 10.1 Å². The Morgan fingerprint density at radius 2 is 1.89 bits per heavy atom. The van der Waals surface area contributed by atoms with Crippen LogP contribution in [0, 0.1) is 5.92 Å². The van der Waals surface area contributed by atoms with Gasteiger partial charge in [0.15, 0.2) is 0 Å². The molecule has 1 aromatic carbocycles. The lowest BCUT2D eigenvalue weighted by atomic mass is 10.0. The van der Waals surface area contributed by atoms with Gasteiger partial charge < -0.3 is 10.1 Å². The number of ether oxygens (including phenoxy) is 1. The van der Waals surface area contributed by atoms with Gasteiger partial charge in [0.25, 0.3) is 0 Å². The first-order chi connectivity index (χ1) is 9.19. The third kappa shape index (κ3) is 5.65. The van der Waals surface area contributed by atoms with Crippen LogP contribution in [0.1, 0.15) is 58.6 Å². The molecule has 0 aliphatic rings. The second kappa shape index (κ2) is 8.98. The Labute approximate surface area is 118 Å². The molecule has 0 spiro atoms. The molecule has 0 amide bonds. The molecule has 1 atom stereocenters. The molecule has 0 saturated heterocycles. The smallest absolute Gasteiger partial charge is 0.124 e. The van der Waals surface area contributed by atoms with Crippen LogP contribution in [0.4, 0.5) is 0 Å². The van der Waals surface area contributed by atoms with Gasteiger partial charge in [0.05, 0.1) is 6.61 Å². The van der Waals surface area contributed by atoms with E-state index in [2.05, 4.69) is 57.3 Å². The molecule has 19 heavy (non-hydrogen) atoms. The van der Waals surface area contributed by atoms with Gasteiger partial charge in [-0.2, -0.15) is 0 Å². The first-order valence-electron chi connectivity index (χ1n) is 7.64. The van der Waals surface area contributed by atoms with Crippen molar-refractivity contribution in [1.82, 2.24) is 5.32 Å². The van der Waals surface area contributed by atoms with Crippen LogP contribution in [0.3, 0.4) is 0 Å². The van der Waals surface area contributed by atoms with Gasteiger partial charge in [-0.05, 0) is 37.8 Å². The van der Waals surface area contributed by atoms with Crippen LogP contribution in [0.25, 0.3) is 0 Å². The predicted octanol–water partition coefficient (Wildman–Crippen LogP) is 4.56. The van der Waals surface area contributed by atoms with E-state index in [0.29, 0.717) is 12.0 Å². The van der Waals surface area contributed by atoms with E-state index in [1.54, 1.807) is 0 Å². The van der Waals surface area contributed by atoms with Crippen molar-refractivity contribution < 1.29 is 4.74 Å². The minimum Gasteiger partial charge on any atom is -0.493 e. The molecular formula is C17H29NO. The summed E-state index contributed by atoms with van der Waals surface area (Å²) in [6.07, 6.45) is 3.35. The second-order valence-corrected chi connectivity index (χ2v) is 5.48. The van der Waals surface area contributed by atoms with Crippen molar-refractivity contribution in [2.45, 2.75) is 53.0 Å². The lowest BCUT2D eigenvalue weighted by Gasteiger charge is -2.20. The van der Waals surface area contributed by atoms with E-state index in [0.717, 1.165) is 38.2 Å². The summed E-state index contributed by atoms with van der Waals surface area (Å²) in [5, 5.41) is 3.59. The first-order valence-corrected chi connectivity index (χ1v) is 7.64. The van der Waals surface area contributed by atoms with Crippen molar-refractivity contribution in [2.24, 2.45) is 5.92 Å². The maximum Gasteiger partial charge on any atom is 0.124 e. The summed E-state index contributed by atoms with van der Waals surface area (Å²) in [6, 6.07) is 8.82. The van der Waals surface area contributed by atoms with Gasteiger partial charge in [-0.3, -0.25) is 0 Å². The molecule has 0 fully saturated rings. The van der Waals surface area contributed by atoms with E-state index in [4.69, 9.17) is 4.74 Å². The van der Waals surface area contributed by atoms with Gasteiger partial charge in [0, 0.05) is 11.6 Å². The van der Waals surface area contributed by atoms with Crippen LogP contribution >= 0.6 is 0 Å². The molecule has 108 valence electrons. The van der Waals surface area contributed by atoms with Crippen molar-refractivity contribution >= 4 is 0 Å². The fraction of sp³-hybridized carbons (Fsp3) is 0.647. The molecule has 2 nitrogen and oxygen atoms in total. The van der Waals surface area contributed by atoms with Gasteiger partial charge in [0.1, 0.15) is 5.75 Å². The van der Waals surface area contributed by atoms with Crippen LogP contribution in [0.15, 0.2) is 24.3 Å². The molecule has 1 aromatic rings. The fourth-order valence-electron chi connectivity index (χ4n) is 2.10. The molecule has 0 aromatic heterocycles. The zero-order valence-electron chi connectivity index (χ0n) is 12.9. The SMILES string of the molecule is CCCNC(CC)c1ccccc1OCCC(C)C. The first kappa shape index (κ1) is 16.0. The summed E-state index contributed by atoms with van der Waals surface area (Å²) in [6.45, 7) is 10.7. The molecule has 1 N–H and O–H groups in total. The molecule has 1 rings (SSSR count).